The average molecular weight is 460 g/mol. The van der Waals surface area contributed by atoms with Crippen LogP contribution in [0, 0.1) is 0 Å². The number of para-hydroxylation sites is 1. The molecule has 2 heterocycles. The van der Waals surface area contributed by atoms with Crippen LogP contribution in [0.2, 0.25) is 5.02 Å². The van der Waals surface area contributed by atoms with Gasteiger partial charge in [0.15, 0.2) is 11.0 Å². The average Bonchev–Trinajstić information content (AvgIpc) is 3.46. The molecule has 0 bridgehead atoms. The van der Waals surface area contributed by atoms with E-state index < -0.39 is 0 Å². The molecule has 3 aromatic carbocycles. The standard InChI is InChI=1S/C23H18ClN7S/c24-18-11-13-19(14-12-18)30-21(15-17-7-3-1-4-8-17)25-27-23(30)32-16-22-26-28-29-31(22)20-9-5-2-6-10-20/h1-14H,15-16H2. The van der Waals surface area contributed by atoms with Crippen molar-refractivity contribution < 1.29 is 0 Å². The third kappa shape index (κ3) is 4.42. The van der Waals surface area contributed by atoms with Crippen LogP contribution in [0.4, 0.5) is 0 Å². The molecule has 5 rings (SSSR count). The number of halogens is 1. The lowest BCUT2D eigenvalue weighted by molar-refractivity contribution is 0.777. The highest BCUT2D eigenvalue weighted by molar-refractivity contribution is 7.98. The van der Waals surface area contributed by atoms with E-state index in [2.05, 4.69) is 42.4 Å². The Morgan fingerprint density at radius 3 is 2.19 bits per heavy atom. The SMILES string of the molecule is Clc1ccc(-n2c(Cc3ccccc3)nnc2SCc2nnnn2-c2ccccc2)cc1. The van der Waals surface area contributed by atoms with Gasteiger partial charge in [-0.3, -0.25) is 4.57 Å². The van der Waals surface area contributed by atoms with Gasteiger partial charge in [0, 0.05) is 17.1 Å². The van der Waals surface area contributed by atoms with Crippen molar-refractivity contribution in [3.8, 4) is 11.4 Å². The van der Waals surface area contributed by atoms with Crippen molar-refractivity contribution in [2.45, 2.75) is 17.3 Å². The quantitative estimate of drug-likeness (QED) is 0.326. The summed E-state index contributed by atoms with van der Waals surface area (Å²) < 4.78 is 3.80. The maximum Gasteiger partial charge on any atom is 0.196 e. The Morgan fingerprint density at radius 2 is 1.44 bits per heavy atom. The van der Waals surface area contributed by atoms with Gasteiger partial charge in [-0.1, -0.05) is 71.9 Å². The number of benzene rings is 3. The monoisotopic (exact) mass is 459 g/mol. The second-order valence-corrected chi connectivity index (χ2v) is 8.38. The van der Waals surface area contributed by atoms with E-state index in [9.17, 15) is 0 Å². The summed E-state index contributed by atoms with van der Waals surface area (Å²) >= 11 is 7.65. The van der Waals surface area contributed by atoms with Gasteiger partial charge in [0.05, 0.1) is 11.4 Å². The molecule has 0 unspecified atom stereocenters. The fourth-order valence-corrected chi connectivity index (χ4v) is 4.33. The van der Waals surface area contributed by atoms with E-state index in [-0.39, 0.29) is 0 Å². The lowest BCUT2D eigenvalue weighted by atomic mass is 10.1. The smallest absolute Gasteiger partial charge is 0.196 e. The van der Waals surface area contributed by atoms with Crippen LogP contribution in [0.3, 0.4) is 0 Å². The lowest BCUT2D eigenvalue weighted by Gasteiger charge is -2.11. The molecule has 5 aromatic rings. The second kappa shape index (κ2) is 9.33. The van der Waals surface area contributed by atoms with Crippen molar-refractivity contribution in [1.29, 1.82) is 0 Å². The van der Waals surface area contributed by atoms with Crippen molar-refractivity contribution in [2.24, 2.45) is 0 Å². The zero-order valence-electron chi connectivity index (χ0n) is 16.9. The Labute approximate surface area is 194 Å². The molecule has 32 heavy (non-hydrogen) atoms. The summed E-state index contributed by atoms with van der Waals surface area (Å²) in [5, 5.41) is 22.6. The molecule has 0 fully saturated rings. The molecule has 0 atom stereocenters. The first-order chi connectivity index (χ1) is 15.8. The largest absolute Gasteiger partial charge is 0.274 e. The van der Waals surface area contributed by atoms with Crippen molar-refractivity contribution in [2.75, 3.05) is 0 Å². The minimum absolute atomic E-state index is 0.541. The van der Waals surface area contributed by atoms with Gasteiger partial charge >= 0.3 is 0 Å². The van der Waals surface area contributed by atoms with Gasteiger partial charge < -0.3 is 0 Å². The number of aromatic nitrogens is 7. The Morgan fingerprint density at radius 1 is 0.719 bits per heavy atom. The fourth-order valence-electron chi connectivity index (χ4n) is 3.33. The van der Waals surface area contributed by atoms with E-state index in [0.717, 1.165) is 28.2 Å². The molecule has 2 aromatic heterocycles. The van der Waals surface area contributed by atoms with E-state index in [4.69, 9.17) is 11.6 Å². The molecule has 0 radical (unpaired) electrons. The highest BCUT2D eigenvalue weighted by Crippen LogP contribution is 2.27. The molecule has 0 aliphatic heterocycles. The number of hydrogen-bond acceptors (Lipinski definition) is 6. The number of hydrogen-bond donors (Lipinski definition) is 0. The third-order valence-corrected chi connectivity index (χ3v) is 6.03. The van der Waals surface area contributed by atoms with Gasteiger partial charge in [0.25, 0.3) is 0 Å². The topological polar surface area (TPSA) is 74.3 Å². The minimum Gasteiger partial charge on any atom is -0.274 e. The Bertz CT molecular complexity index is 1300. The Balaban J connectivity index is 1.45. The molecule has 9 heteroatoms. The van der Waals surface area contributed by atoms with Crippen LogP contribution in [-0.4, -0.2) is 35.0 Å². The van der Waals surface area contributed by atoms with Crippen LogP contribution in [0.5, 0.6) is 0 Å². The summed E-state index contributed by atoms with van der Waals surface area (Å²) in [6.45, 7) is 0. The van der Waals surface area contributed by atoms with E-state index in [1.807, 2.05) is 72.8 Å². The zero-order valence-corrected chi connectivity index (χ0v) is 18.5. The van der Waals surface area contributed by atoms with Crippen molar-refractivity contribution in [3.05, 3.63) is 107 Å². The predicted octanol–water partition coefficient (Wildman–Crippen LogP) is 4.78. The number of tetrazole rings is 1. The van der Waals surface area contributed by atoms with Gasteiger partial charge in [-0.25, -0.2) is 0 Å². The summed E-state index contributed by atoms with van der Waals surface area (Å²) in [5.41, 5.74) is 3.03. The van der Waals surface area contributed by atoms with Gasteiger partial charge in [-0.15, -0.1) is 15.3 Å². The summed E-state index contributed by atoms with van der Waals surface area (Å²) in [6, 6.07) is 27.7. The van der Waals surface area contributed by atoms with Gasteiger partial charge in [0.2, 0.25) is 0 Å². The second-order valence-electron chi connectivity index (χ2n) is 7.00. The van der Waals surface area contributed by atoms with Gasteiger partial charge in [0.1, 0.15) is 5.82 Å². The molecule has 0 aliphatic rings. The summed E-state index contributed by atoms with van der Waals surface area (Å²) in [5.74, 6) is 2.12. The molecule has 0 saturated heterocycles. The maximum absolute atomic E-state index is 6.12. The van der Waals surface area contributed by atoms with Crippen LogP contribution in [0.25, 0.3) is 11.4 Å². The van der Waals surface area contributed by atoms with Crippen molar-refractivity contribution in [1.82, 2.24) is 35.0 Å². The highest BCUT2D eigenvalue weighted by atomic mass is 35.5. The molecule has 158 valence electrons. The first-order valence-electron chi connectivity index (χ1n) is 9.97. The Hall–Kier alpha value is -3.49. The van der Waals surface area contributed by atoms with Crippen LogP contribution < -0.4 is 0 Å². The fraction of sp³-hybridized carbons (Fsp3) is 0.0870. The Kier molecular flexibility index (Phi) is 5.96. The van der Waals surface area contributed by atoms with Crippen LogP contribution in [0.1, 0.15) is 17.2 Å². The summed E-state index contributed by atoms with van der Waals surface area (Å²) in [4.78, 5) is 0. The van der Waals surface area contributed by atoms with Crippen LogP contribution in [0.15, 0.2) is 90.1 Å². The third-order valence-electron chi connectivity index (χ3n) is 4.86. The highest BCUT2D eigenvalue weighted by Gasteiger charge is 2.17. The summed E-state index contributed by atoms with van der Waals surface area (Å²) in [7, 11) is 0. The van der Waals surface area contributed by atoms with Gasteiger partial charge in [-0.2, -0.15) is 4.68 Å². The predicted molar refractivity (Wildman–Crippen MR) is 124 cm³/mol. The molecule has 0 saturated carbocycles. The van der Waals surface area contributed by atoms with E-state index >= 15 is 0 Å². The molecular weight excluding hydrogens is 442 g/mol. The maximum atomic E-state index is 6.12. The lowest BCUT2D eigenvalue weighted by Crippen LogP contribution is -2.05. The van der Waals surface area contributed by atoms with Gasteiger partial charge in [-0.05, 0) is 52.4 Å². The molecule has 0 N–H and O–H groups in total. The molecule has 0 spiro atoms. The molecule has 0 amide bonds. The van der Waals surface area contributed by atoms with E-state index in [1.165, 1.54) is 17.3 Å². The number of thioether (sulfide) groups is 1. The number of rotatable bonds is 7. The number of nitrogens with zero attached hydrogens (tertiary/aromatic N) is 7. The van der Waals surface area contributed by atoms with Crippen molar-refractivity contribution in [3.63, 3.8) is 0 Å². The summed E-state index contributed by atoms with van der Waals surface area (Å²) in [6.07, 6.45) is 0.665. The molecule has 0 aliphatic carbocycles. The normalized spacial score (nSPS) is 11.0. The molecular formula is C23H18ClN7S. The first kappa shape index (κ1) is 20.4. The van der Waals surface area contributed by atoms with Crippen LogP contribution >= 0.6 is 23.4 Å². The molecule has 7 nitrogen and oxygen atoms in total. The van der Waals surface area contributed by atoms with Crippen molar-refractivity contribution >= 4 is 23.4 Å². The first-order valence-corrected chi connectivity index (χ1v) is 11.3. The van der Waals surface area contributed by atoms with E-state index in [0.29, 0.717) is 17.2 Å². The minimum atomic E-state index is 0.541. The van der Waals surface area contributed by atoms with Crippen LogP contribution in [-0.2, 0) is 12.2 Å². The van der Waals surface area contributed by atoms with E-state index in [1.54, 1.807) is 4.68 Å². The zero-order chi connectivity index (χ0) is 21.8.